The Balaban J connectivity index is 1.65. The van der Waals surface area contributed by atoms with Crippen molar-refractivity contribution in [3.8, 4) is 0 Å². The molecule has 2 fully saturated rings. The minimum Gasteiger partial charge on any atom is -0.352 e. The molecule has 32 heavy (non-hydrogen) atoms. The van der Waals surface area contributed by atoms with Gasteiger partial charge in [0.15, 0.2) is 0 Å². The number of likely N-dealkylation sites (N-methyl/N-ethyl adjacent to an activating group) is 1. The number of amides is 1. The Hall–Kier alpha value is -2.20. The predicted molar refractivity (Wildman–Crippen MR) is 124 cm³/mol. The summed E-state index contributed by atoms with van der Waals surface area (Å²) in [6.07, 6.45) is 5.31. The topological polar surface area (TPSA) is 89.2 Å². The number of carbonyl (C=O) groups excluding carboxylic acids is 1. The molecule has 1 saturated heterocycles. The van der Waals surface area contributed by atoms with Gasteiger partial charge >= 0.3 is 5.69 Å². The van der Waals surface area contributed by atoms with Crippen LogP contribution in [0.5, 0.6) is 0 Å². The van der Waals surface area contributed by atoms with Crippen molar-refractivity contribution in [2.24, 2.45) is 0 Å². The van der Waals surface area contributed by atoms with Gasteiger partial charge in [-0.1, -0.05) is 0 Å². The maximum absolute atomic E-state index is 14.0. The summed E-state index contributed by atoms with van der Waals surface area (Å²) in [6.45, 7) is 0.326. The summed E-state index contributed by atoms with van der Waals surface area (Å²) in [5, 5.41) is 3.20. The van der Waals surface area contributed by atoms with Crippen LogP contribution in [0.2, 0.25) is 0 Å². The van der Waals surface area contributed by atoms with Crippen LogP contribution in [0.25, 0.3) is 11.0 Å². The minimum atomic E-state index is -0.585. The molecule has 4 rings (SSSR count). The molecule has 0 aromatic carbocycles. The Morgan fingerprint density at radius 1 is 1.12 bits per heavy atom. The van der Waals surface area contributed by atoms with Crippen LogP contribution in [0.4, 0.5) is 4.39 Å². The lowest BCUT2D eigenvalue weighted by atomic mass is 9.91. The van der Waals surface area contributed by atoms with Crippen molar-refractivity contribution in [3.05, 3.63) is 38.9 Å². The highest BCUT2D eigenvalue weighted by Crippen LogP contribution is 2.30. The second-order valence-electron chi connectivity index (χ2n) is 9.01. The number of fused-ring (bicyclic) bond motifs is 1. The van der Waals surface area contributed by atoms with E-state index < -0.39 is 11.4 Å². The molecule has 174 valence electrons. The number of carbonyl (C=O) groups is 1. The van der Waals surface area contributed by atoms with E-state index in [-0.39, 0.29) is 40.8 Å². The van der Waals surface area contributed by atoms with E-state index in [2.05, 4.69) is 10.3 Å². The summed E-state index contributed by atoms with van der Waals surface area (Å²) in [5.41, 5.74) is -0.545. The molecule has 1 amide bonds. The van der Waals surface area contributed by atoms with E-state index in [4.69, 9.17) is 0 Å². The van der Waals surface area contributed by atoms with E-state index in [0.717, 1.165) is 30.5 Å². The standard InChI is InChI=1S/C22H30FN5O3S/c1-26(2)13-19(29)25-15-3-5-16(6-4-15)28-21(30)18-11-14(23)12-24-20(18)27(22(28)31)17-7-9-32-10-8-17/h11-12,15-17H,3-10,13H2,1-2H3,(H,25,29). The molecule has 1 aliphatic carbocycles. The van der Waals surface area contributed by atoms with Crippen molar-refractivity contribution >= 4 is 28.7 Å². The molecule has 1 N–H and O–H groups in total. The van der Waals surface area contributed by atoms with Crippen LogP contribution in [0.3, 0.4) is 0 Å². The summed E-state index contributed by atoms with van der Waals surface area (Å²) < 4.78 is 16.9. The minimum absolute atomic E-state index is 0.0274. The molecule has 3 heterocycles. The fourth-order valence-corrected chi connectivity index (χ4v) is 5.92. The average molecular weight is 464 g/mol. The van der Waals surface area contributed by atoms with Gasteiger partial charge in [0.05, 0.1) is 18.1 Å². The number of aromatic nitrogens is 3. The van der Waals surface area contributed by atoms with Gasteiger partial charge in [0.1, 0.15) is 11.5 Å². The number of hydrogen-bond acceptors (Lipinski definition) is 6. The zero-order chi connectivity index (χ0) is 22.8. The zero-order valence-electron chi connectivity index (χ0n) is 18.6. The van der Waals surface area contributed by atoms with Crippen molar-refractivity contribution in [2.45, 2.75) is 56.7 Å². The van der Waals surface area contributed by atoms with Gasteiger partial charge in [-0.2, -0.15) is 11.8 Å². The quantitative estimate of drug-likeness (QED) is 0.729. The van der Waals surface area contributed by atoms with Crippen molar-refractivity contribution in [1.82, 2.24) is 24.3 Å². The first-order valence-corrected chi connectivity index (χ1v) is 12.3. The average Bonchev–Trinajstić information content (AvgIpc) is 2.76. The van der Waals surface area contributed by atoms with E-state index in [9.17, 15) is 18.8 Å². The third-order valence-corrected chi connectivity index (χ3v) is 7.41. The number of nitrogens with one attached hydrogen (secondary N) is 1. The molecular formula is C22H30FN5O3S. The molecule has 0 bridgehead atoms. The van der Waals surface area contributed by atoms with Crippen LogP contribution < -0.4 is 16.6 Å². The molecule has 10 heteroatoms. The summed E-state index contributed by atoms with van der Waals surface area (Å²) in [7, 11) is 3.69. The molecule has 0 atom stereocenters. The highest BCUT2D eigenvalue weighted by molar-refractivity contribution is 7.99. The van der Waals surface area contributed by atoms with Gasteiger partial charge in [-0.25, -0.2) is 14.2 Å². The van der Waals surface area contributed by atoms with Crippen LogP contribution in [0.1, 0.15) is 50.6 Å². The summed E-state index contributed by atoms with van der Waals surface area (Å²) in [4.78, 5) is 44.9. The van der Waals surface area contributed by atoms with Crippen molar-refractivity contribution in [2.75, 3.05) is 32.1 Å². The smallest absolute Gasteiger partial charge is 0.333 e. The SMILES string of the molecule is CN(C)CC(=O)NC1CCC(n2c(=O)c3cc(F)cnc3n(C3CCSCC3)c2=O)CC1. The Morgan fingerprint density at radius 3 is 2.44 bits per heavy atom. The first kappa shape index (κ1) is 23.0. The molecule has 1 aliphatic heterocycles. The third-order valence-electron chi connectivity index (χ3n) is 6.37. The molecule has 2 aromatic rings. The number of thioether (sulfide) groups is 1. The van der Waals surface area contributed by atoms with Gasteiger partial charge in [0.2, 0.25) is 5.91 Å². The fraction of sp³-hybridized carbons (Fsp3) is 0.636. The Bertz CT molecular complexity index is 1100. The highest BCUT2D eigenvalue weighted by atomic mass is 32.2. The maximum Gasteiger partial charge on any atom is 0.333 e. The second kappa shape index (κ2) is 9.74. The summed E-state index contributed by atoms with van der Waals surface area (Å²) >= 11 is 1.85. The van der Waals surface area contributed by atoms with Crippen LogP contribution in [-0.2, 0) is 4.79 Å². The summed E-state index contributed by atoms with van der Waals surface area (Å²) in [6, 6.07) is 0.917. The lowest BCUT2D eigenvalue weighted by Crippen LogP contribution is -2.47. The van der Waals surface area contributed by atoms with Gasteiger partial charge in [0, 0.05) is 18.1 Å². The third kappa shape index (κ3) is 4.76. The zero-order valence-corrected chi connectivity index (χ0v) is 19.4. The maximum atomic E-state index is 14.0. The van der Waals surface area contributed by atoms with E-state index in [1.807, 2.05) is 30.8 Å². The molecule has 1 saturated carbocycles. The van der Waals surface area contributed by atoms with Crippen molar-refractivity contribution in [1.29, 1.82) is 0 Å². The molecule has 0 radical (unpaired) electrons. The van der Waals surface area contributed by atoms with Crippen molar-refractivity contribution < 1.29 is 9.18 Å². The van der Waals surface area contributed by atoms with E-state index >= 15 is 0 Å². The monoisotopic (exact) mass is 463 g/mol. The molecule has 2 aromatic heterocycles. The first-order valence-electron chi connectivity index (χ1n) is 11.2. The molecular weight excluding hydrogens is 433 g/mol. The van der Waals surface area contributed by atoms with Crippen LogP contribution in [0.15, 0.2) is 21.9 Å². The normalized spacial score (nSPS) is 22.4. The predicted octanol–water partition coefficient (Wildman–Crippen LogP) is 1.93. The van der Waals surface area contributed by atoms with E-state index in [0.29, 0.717) is 32.2 Å². The molecule has 0 unspecified atom stereocenters. The van der Waals surface area contributed by atoms with Gasteiger partial charge in [-0.3, -0.25) is 18.7 Å². The Kier molecular flexibility index (Phi) is 6.99. The second-order valence-corrected chi connectivity index (χ2v) is 10.2. The van der Waals surface area contributed by atoms with Crippen LogP contribution in [-0.4, -0.2) is 63.1 Å². The van der Waals surface area contributed by atoms with Gasteiger partial charge in [0.25, 0.3) is 5.56 Å². The van der Waals surface area contributed by atoms with Crippen molar-refractivity contribution in [3.63, 3.8) is 0 Å². The lowest BCUT2D eigenvalue weighted by molar-refractivity contribution is -0.122. The van der Waals surface area contributed by atoms with Gasteiger partial charge in [-0.15, -0.1) is 0 Å². The van der Waals surface area contributed by atoms with E-state index in [1.165, 1.54) is 10.6 Å². The molecule has 2 aliphatic rings. The van der Waals surface area contributed by atoms with Crippen LogP contribution >= 0.6 is 11.8 Å². The number of hydrogen-bond donors (Lipinski definition) is 1. The summed E-state index contributed by atoms with van der Waals surface area (Å²) in [5.74, 6) is 1.27. The first-order chi connectivity index (χ1) is 15.3. The number of pyridine rings is 1. The highest BCUT2D eigenvalue weighted by Gasteiger charge is 2.29. The van der Waals surface area contributed by atoms with Gasteiger partial charge in [-0.05, 0) is 70.2 Å². The number of halogens is 1. The molecule has 0 spiro atoms. The molecule has 8 nitrogen and oxygen atoms in total. The van der Waals surface area contributed by atoms with E-state index in [1.54, 1.807) is 4.57 Å². The number of rotatable bonds is 5. The Morgan fingerprint density at radius 2 is 1.78 bits per heavy atom. The van der Waals surface area contributed by atoms with Crippen LogP contribution in [0, 0.1) is 5.82 Å². The van der Waals surface area contributed by atoms with Gasteiger partial charge < -0.3 is 10.2 Å². The lowest BCUT2D eigenvalue weighted by Gasteiger charge is -2.31. The fourth-order valence-electron chi connectivity index (χ4n) is 4.84. The number of nitrogens with zero attached hydrogens (tertiary/aromatic N) is 4. The Labute approximate surface area is 190 Å². The largest absolute Gasteiger partial charge is 0.352 e.